The molecule has 2 heteroatoms. The van der Waals surface area contributed by atoms with Crippen molar-refractivity contribution in [1.29, 1.82) is 0 Å². The van der Waals surface area contributed by atoms with Crippen molar-refractivity contribution >= 4 is 0 Å². The first kappa shape index (κ1) is 9.85. The topological polar surface area (TPSA) is 26.0 Å². The van der Waals surface area contributed by atoms with Gasteiger partial charge in [0.1, 0.15) is 5.76 Å². The molecular formula is C15H11NO. The van der Waals surface area contributed by atoms with E-state index in [0.29, 0.717) is 0 Å². The van der Waals surface area contributed by atoms with Crippen LogP contribution < -0.4 is 0 Å². The summed E-state index contributed by atoms with van der Waals surface area (Å²) in [6.45, 7) is 0. The average molecular weight is 221 g/mol. The zero-order chi connectivity index (χ0) is 11.5. The van der Waals surface area contributed by atoms with Crippen molar-refractivity contribution in [2.75, 3.05) is 0 Å². The lowest BCUT2D eigenvalue weighted by molar-refractivity contribution is 0.583. The van der Waals surface area contributed by atoms with E-state index in [-0.39, 0.29) is 0 Å². The van der Waals surface area contributed by atoms with Crippen LogP contribution in [0.1, 0.15) is 0 Å². The number of aromatic nitrogens is 1. The number of benzene rings is 1. The van der Waals surface area contributed by atoms with Gasteiger partial charge < -0.3 is 4.42 Å². The van der Waals surface area contributed by atoms with Crippen molar-refractivity contribution in [2.45, 2.75) is 0 Å². The van der Waals surface area contributed by atoms with Crippen LogP contribution >= 0.6 is 0 Å². The Labute approximate surface area is 99.6 Å². The van der Waals surface area contributed by atoms with Crippen molar-refractivity contribution in [2.24, 2.45) is 0 Å². The third-order valence-electron chi connectivity index (χ3n) is 2.64. The molecule has 82 valence electrons. The summed E-state index contributed by atoms with van der Waals surface area (Å²) in [5.41, 5.74) is 3.02. The molecular weight excluding hydrogens is 210 g/mol. The maximum Gasteiger partial charge on any atom is 0.143 e. The molecule has 0 aliphatic heterocycles. The zero-order valence-corrected chi connectivity index (χ0v) is 9.21. The van der Waals surface area contributed by atoms with Crippen LogP contribution in [0.2, 0.25) is 0 Å². The smallest absolute Gasteiger partial charge is 0.143 e. The monoisotopic (exact) mass is 221 g/mol. The Morgan fingerprint density at radius 3 is 2.41 bits per heavy atom. The van der Waals surface area contributed by atoms with Crippen LogP contribution in [-0.4, -0.2) is 4.98 Å². The summed E-state index contributed by atoms with van der Waals surface area (Å²) in [5, 5.41) is 0. The SMILES string of the molecule is c1ccc(-c2occc2-c2ccccn2)cc1. The van der Waals surface area contributed by atoms with E-state index in [0.717, 1.165) is 22.6 Å². The summed E-state index contributed by atoms with van der Waals surface area (Å²) in [7, 11) is 0. The maximum atomic E-state index is 5.57. The summed E-state index contributed by atoms with van der Waals surface area (Å²) in [4.78, 5) is 4.35. The van der Waals surface area contributed by atoms with Crippen molar-refractivity contribution in [3.05, 3.63) is 67.1 Å². The van der Waals surface area contributed by atoms with Gasteiger partial charge >= 0.3 is 0 Å². The lowest BCUT2D eigenvalue weighted by atomic mass is 10.1. The third kappa shape index (κ3) is 1.85. The van der Waals surface area contributed by atoms with Gasteiger partial charge in [-0.2, -0.15) is 0 Å². The minimum Gasteiger partial charge on any atom is -0.464 e. The quantitative estimate of drug-likeness (QED) is 0.653. The molecule has 0 aliphatic rings. The van der Waals surface area contributed by atoms with Gasteiger partial charge in [0.2, 0.25) is 0 Å². The lowest BCUT2D eigenvalue weighted by Crippen LogP contribution is -1.82. The molecule has 0 saturated carbocycles. The van der Waals surface area contributed by atoms with E-state index >= 15 is 0 Å². The molecule has 2 heterocycles. The molecule has 3 rings (SSSR count). The summed E-state index contributed by atoms with van der Waals surface area (Å²) in [5.74, 6) is 0.865. The number of pyridine rings is 1. The van der Waals surface area contributed by atoms with Crippen molar-refractivity contribution in [1.82, 2.24) is 4.98 Å². The van der Waals surface area contributed by atoms with Gasteiger partial charge in [-0.05, 0) is 18.2 Å². The van der Waals surface area contributed by atoms with Crippen LogP contribution in [0.15, 0.2) is 71.5 Å². The Morgan fingerprint density at radius 1 is 0.824 bits per heavy atom. The number of rotatable bonds is 2. The molecule has 1 aromatic carbocycles. The van der Waals surface area contributed by atoms with Gasteiger partial charge in [0.05, 0.1) is 12.0 Å². The molecule has 2 aromatic heterocycles. The van der Waals surface area contributed by atoms with Crippen LogP contribution in [-0.2, 0) is 0 Å². The van der Waals surface area contributed by atoms with E-state index in [2.05, 4.69) is 4.98 Å². The third-order valence-corrected chi connectivity index (χ3v) is 2.64. The van der Waals surface area contributed by atoms with E-state index in [1.165, 1.54) is 0 Å². The molecule has 0 atom stereocenters. The molecule has 0 bridgehead atoms. The first-order valence-corrected chi connectivity index (χ1v) is 5.49. The second kappa shape index (κ2) is 4.26. The molecule has 0 saturated heterocycles. The lowest BCUT2D eigenvalue weighted by Gasteiger charge is -2.01. The number of hydrogen-bond donors (Lipinski definition) is 0. The van der Waals surface area contributed by atoms with Crippen LogP contribution in [0, 0.1) is 0 Å². The largest absolute Gasteiger partial charge is 0.464 e. The Kier molecular flexibility index (Phi) is 2.47. The Balaban J connectivity index is 2.13. The Hall–Kier alpha value is -2.35. The van der Waals surface area contributed by atoms with Crippen molar-refractivity contribution < 1.29 is 4.42 Å². The zero-order valence-electron chi connectivity index (χ0n) is 9.21. The summed E-state index contributed by atoms with van der Waals surface area (Å²) >= 11 is 0. The van der Waals surface area contributed by atoms with Gasteiger partial charge in [0.25, 0.3) is 0 Å². The number of hydrogen-bond acceptors (Lipinski definition) is 2. The Morgan fingerprint density at radius 2 is 1.65 bits per heavy atom. The van der Waals surface area contributed by atoms with Crippen molar-refractivity contribution in [3.63, 3.8) is 0 Å². The minimum absolute atomic E-state index is 0.865. The molecule has 0 aliphatic carbocycles. The molecule has 0 N–H and O–H groups in total. The highest BCUT2D eigenvalue weighted by Gasteiger charge is 2.10. The fourth-order valence-electron chi connectivity index (χ4n) is 1.85. The first-order chi connectivity index (χ1) is 8.45. The predicted octanol–water partition coefficient (Wildman–Crippen LogP) is 4.01. The molecule has 2 nitrogen and oxygen atoms in total. The molecule has 0 radical (unpaired) electrons. The highest BCUT2D eigenvalue weighted by molar-refractivity contribution is 5.77. The van der Waals surface area contributed by atoms with Crippen LogP contribution in [0.5, 0.6) is 0 Å². The normalized spacial score (nSPS) is 10.4. The molecule has 0 spiro atoms. The highest BCUT2D eigenvalue weighted by Crippen LogP contribution is 2.31. The van der Waals surface area contributed by atoms with Gasteiger partial charge in [-0.15, -0.1) is 0 Å². The van der Waals surface area contributed by atoms with Gasteiger partial charge in [-0.1, -0.05) is 36.4 Å². The molecule has 0 unspecified atom stereocenters. The molecule has 0 amide bonds. The minimum atomic E-state index is 0.865. The molecule has 3 aromatic rings. The molecule has 17 heavy (non-hydrogen) atoms. The first-order valence-electron chi connectivity index (χ1n) is 5.49. The van der Waals surface area contributed by atoms with E-state index in [1.54, 1.807) is 12.5 Å². The fourth-order valence-corrected chi connectivity index (χ4v) is 1.85. The summed E-state index contributed by atoms with van der Waals surface area (Å²) in [6.07, 6.45) is 3.49. The van der Waals surface area contributed by atoms with Gasteiger partial charge in [-0.25, -0.2) is 0 Å². The van der Waals surface area contributed by atoms with E-state index in [1.807, 2.05) is 54.6 Å². The summed E-state index contributed by atoms with van der Waals surface area (Å²) < 4.78 is 5.57. The average Bonchev–Trinajstić information content (AvgIpc) is 2.90. The van der Waals surface area contributed by atoms with E-state index in [4.69, 9.17) is 4.42 Å². The van der Waals surface area contributed by atoms with E-state index < -0.39 is 0 Å². The summed E-state index contributed by atoms with van der Waals surface area (Å²) in [6, 6.07) is 17.9. The molecule has 0 fully saturated rings. The van der Waals surface area contributed by atoms with Crippen LogP contribution in [0.4, 0.5) is 0 Å². The number of nitrogens with zero attached hydrogens (tertiary/aromatic N) is 1. The Bertz CT molecular complexity index is 545. The van der Waals surface area contributed by atoms with Gasteiger partial charge in [0.15, 0.2) is 0 Å². The fraction of sp³-hybridized carbons (Fsp3) is 0. The van der Waals surface area contributed by atoms with Gasteiger partial charge in [-0.3, -0.25) is 4.98 Å². The van der Waals surface area contributed by atoms with Crippen molar-refractivity contribution in [3.8, 4) is 22.6 Å². The highest BCUT2D eigenvalue weighted by atomic mass is 16.3. The van der Waals surface area contributed by atoms with Crippen LogP contribution in [0.25, 0.3) is 22.6 Å². The second-order valence-corrected chi connectivity index (χ2v) is 3.74. The second-order valence-electron chi connectivity index (χ2n) is 3.74. The maximum absolute atomic E-state index is 5.57. The number of furan rings is 1. The van der Waals surface area contributed by atoms with Crippen LogP contribution in [0.3, 0.4) is 0 Å². The van der Waals surface area contributed by atoms with E-state index in [9.17, 15) is 0 Å². The van der Waals surface area contributed by atoms with Gasteiger partial charge in [0, 0.05) is 17.3 Å². The standard InChI is InChI=1S/C15H11NO/c1-2-6-12(7-3-1)15-13(9-11-17-15)14-8-4-5-10-16-14/h1-11H. The predicted molar refractivity (Wildman–Crippen MR) is 67.4 cm³/mol.